The highest BCUT2D eigenvalue weighted by Crippen LogP contribution is 2.34. The van der Waals surface area contributed by atoms with E-state index in [0.29, 0.717) is 29.5 Å². The van der Waals surface area contributed by atoms with E-state index in [1.807, 2.05) is 72.8 Å². The molecule has 39 heavy (non-hydrogen) atoms. The number of ether oxygens (including phenoxy) is 1. The Bertz CT molecular complexity index is 1570. The molecule has 4 aromatic carbocycles. The maximum Gasteiger partial charge on any atom is 0.294 e. The fourth-order valence-electron chi connectivity index (χ4n) is 4.38. The average Bonchev–Trinajstić information content (AvgIpc) is 3.20. The number of nitrogens with zero attached hydrogens (tertiary/aromatic N) is 1. The topological polar surface area (TPSA) is 75.7 Å². The summed E-state index contributed by atoms with van der Waals surface area (Å²) in [5, 5.41) is 4.53. The van der Waals surface area contributed by atoms with Gasteiger partial charge in [0.1, 0.15) is 18.9 Å². The molecule has 0 aliphatic carbocycles. The molecule has 1 fully saturated rings. The number of para-hydroxylation sites is 1. The molecule has 0 radical (unpaired) electrons. The Labute approximate surface area is 231 Å². The van der Waals surface area contributed by atoms with E-state index < -0.39 is 17.1 Å². The van der Waals surface area contributed by atoms with Crippen LogP contribution in [0, 0.1) is 0 Å². The average molecular weight is 537 g/mol. The first-order valence-electron chi connectivity index (χ1n) is 12.7. The number of nitrogens with one attached hydrogen (secondary N) is 1. The van der Waals surface area contributed by atoms with Gasteiger partial charge in [0, 0.05) is 11.3 Å². The number of thioether (sulfide) groups is 1. The Hall–Kier alpha value is -4.36. The van der Waals surface area contributed by atoms with Crippen LogP contribution in [0.2, 0.25) is 0 Å². The van der Waals surface area contributed by atoms with E-state index in [1.165, 1.54) is 0 Å². The van der Waals surface area contributed by atoms with Gasteiger partial charge in [-0.1, -0.05) is 86.6 Å². The number of anilines is 1. The van der Waals surface area contributed by atoms with Crippen molar-refractivity contribution in [3.05, 3.63) is 113 Å². The minimum absolute atomic E-state index is 0.246. The highest BCUT2D eigenvalue weighted by Gasteiger charge is 2.36. The molecule has 3 amide bonds. The number of carbonyl (C=O) groups excluding carboxylic acids is 3. The van der Waals surface area contributed by atoms with E-state index in [1.54, 1.807) is 6.08 Å². The van der Waals surface area contributed by atoms with Crippen molar-refractivity contribution >= 4 is 51.4 Å². The van der Waals surface area contributed by atoms with E-state index >= 15 is 0 Å². The number of rotatable bonds is 8. The molecular weight excluding hydrogens is 508 g/mol. The zero-order valence-electron chi connectivity index (χ0n) is 21.7. The minimum Gasteiger partial charge on any atom is -0.488 e. The maximum atomic E-state index is 13.1. The zero-order chi connectivity index (χ0) is 27.4. The van der Waals surface area contributed by atoms with Crippen LogP contribution in [0.1, 0.15) is 36.5 Å². The highest BCUT2D eigenvalue weighted by molar-refractivity contribution is 8.18. The van der Waals surface area contributed by atoms with Gasteiger partial charge < -0.3 is 10.1 Å². The van der Waals surface area contributed by atoms with E-state index in [9.17, 15) is 14.4 Å². The Morgan fingerprint density at radius 1 is 0.923 bits per heavy atom. The monoisotopic (exact) mass is 536 g/mol. The highest BCUT2D eigenvalue weighted by atomic mass is 32.2. The van der Waals surface area contributed by atoms with E-state index in [-0.39, 0.29) is 11.4 Å². The lowest BCUT2D eigenvalue weighted by atomic mass is 10.0. The van der Waals surface area contributed by atoms with E-state index in [4.69, 9.17) is 4.74 Å². The molecule has 1 N–H and O–H groups in total. The van der Waals surface area contributed by atoms with Crippen molar-refractivity contribution in [2.75, 3.05) is 11.9 Å². The molecule has 196 valence electrons. The lowest BCUT2D eigenvalue weighted by molar-refractivity contribution is -0.127. The smallest absolute Gasteiger partial charge is 0.294 e. The molecule has 0 spiro atoms. The summed E-state index contributed by atoms with van der Waals surface area (Å²) in [6.07, 6.45) is 1.64. The van der Waals surface area contributed by atoms with Crippen LogP contribution in [0.4, 0.5) is 10.5 Å². The summed E-state index contributed by atoms with van der Waals surface area (Å²) < 4.78 is 6.16. The van der Waals surface area contributed by atoms with Crippen LogP contribution in [-0.2, 0) is 16.2 Å². The van der Waals surface area contributed by atoms with Gasteiger partial charge in [-0.15, -0.1) is 0 Å². The molecule has 5 rings (SSSR count). The lowest BCUT2D eigenvalue weighted by Crippen LogP contribution is -2.36. The number of benzene rings is 4. The fourth-order valence-corrected chi connectivity index (χ4v) is 5.21. The van der Waals surface area contributed by atoms with Crippen LogP contribution in [0.25, 0.3) is 16.8 Å². The Morgan fingerprint density at radius 2 is 1.64 bits per heavy atom. The third-order valence-electron chi connectivity index (χ3n) is 6.51. The van der Waals surface area contributed by atoms with Gasteiger partial charge in [0.05, 0.1) is 4.91 Å². The van der Waals surface area contributed by atoms with Gasteiger partial charge in [0.25, 0.3) is 11.1 Å². The molecule has 0 bridgehead atoms. The largest absolute Gasteiger partial charge is 0.488 e. The SMILES string of the molecule is CC(C)c1ccc(NC(=O)CN2C(=O)S/C(=C\c3ccccc3OCc3cccc4ccccc34)C2=O)cc1. The molecule has 1 heterocycles. The van der Waals surface area contributed by atoms with E-state index in [2.05, 4.69) is 37.4 Å². The normalized spacial score (nSPS) is 14.4. The number of hydrogen-bond donors (Lipinski definition) is 1. The van der Waals surface area contributed by atoms with Gasteiger partial charge in [-0.05, 0) is 63.9 Å². The van der Waals surface area contributed by atoms with Gasteiger partial charge >= 0.3 is 0 Å². The van der Waals surface area contributed by atoms with Crippen molar-refractivity contribution < 1.29 is 19.1 Å². The molecule has 0 saturated carbocycles. The Morgan fingerprint density at radius 3 is 2.44 bits per heavy atom. The molecular formula is C32H28N2O4S. The fraction of sp³-hybridized carbons (Fsp3) is 0.156. The van der Waals surface area contributed by atoms with Crippen molar-refractivity contribution in [3.8, 4) is 5.75 Å². The summed E-state index contributed by atoms with van der Waals surface area (Å²) in [7, 11) is 0. The van der Waals surface area contributed by atoms with Crippen LogP contribution >= 0.6 is 11.8 Å². The first kappa shape index (κ1) is 26.3. The third kappa shape index (κ3) is 6.04. The quantitative estimate of drug-likeness (QED) is 0.241. The number of carbonyl (C=O) groups is 3. The summed E-state index contributed by atoms with van der Waals surface area (Å²) in [4.78, 5) is 39.5. The van der Waals surface area contributed by atoms with Crippen molar-refractivity contribution in [1.82, 2.24) is 4.90 Å². The van der Waals surface area contributed by atoms with Crippen LogP contribution in [0.5, 0.6) is 5.75 Å². The van der Waals surface area contributed by atoms with Crippen LogP contribution in [0.3, 0.4) is 0 Å². The van der Waals surface area contributed by atoms with E-state index in [0.717, 1.165) is 38.6 Å². The van der Waals surface area contributed by atoms with Gasteiger partial charge in [-0.25, -0.2) is 0 Å². The molecule has 1 aliphatic heterocycles. The molecule has 1 aliphatic rings. The Balaban J connectivity index is 1.27. The number of amides is 3. The third-order valence-corrected chi connectivity index (χ3v) is 7.41. The summed E-state index contributed by atoms with van der Waals surface area (Å²) in [5.74, 6) is 0.0410. The molecule has 4 aromatic rings. The van der Waals surface area contributed by atoms with Crippen molar-refractivity contribution in [2.24, 2.45) is 0 Å². The second-order valence-electron chi connectivity index (χ2n) is 9.56. The van der Waals surface area contributed by atoms with Crippen molar-refractivity contribution in [2.45, 2.75) is 26.4 Å². The summed E-state index contributed by atoms with van der Waals surface area (Å²) in [6.45, 7) is 4.19. The number of imide groups is 1. The first-order chi connectivity index (χ1) is 18.9. The number of hydrogen-bond acceptors (Lipinski definition) is 5. The van der Waals surface area contributed by atoms with Gasteiger partial charge in [-0.2, -0.15) is 0 Å². The first-order valence-corrected chi connectivity index (χ1v) is 13.5. The molecule has 0 atom stereocenters. The molecule has 6 nitrogen and oxygen atoms in total. The summed E-state index contributed by atoms with van der Waals surface area (Å²) in [6, 6.07) is 29.1. The van der Waals surface area contributed by atoms with Crippen LogP contribution < -0.4 is 10.1 Å². The molecule has 0 unspecified atom stereocenters. The standard InChI is InChI=1S/C32H28N2O4S/c1-21(2)22-14-16-26(17-15-22)33-30(35)19-34-31(36)29(39-32(34)37)18-24-9-4-6-13-28(24)38-20-25-11-7-10-23-8-3-5-12-27(23)25/h3-18,21H,19-20H2,1-2H3,(H,33,35)/b29-18-. The number of fused-ring (bicyclic) bond motifs is 1. The molecule has 7 heteroatoms. The second kappa shape index (κ2) is 11.6. The second-order valence-corrected chi connectivity index (χ2v) is 10.6. The predicted molar refractivity (Wildman–Crippen MR) is 157 cm³/mol. The van der Waals surface area contributed by atoms with Crippen molar-refractivity contribution in [1.29, 1.82) is 0 Å². The van der Waals surface area contributed by atoms with Crippen LogP contribution in [-0.4, -0.2) is 28.5 Å². The van der Waals surface area contributed by atoms with Gasteiger partial charge in [0.15, 0.2) is 0 Å². The zero-order valence-corrected chi connectivity index (χ0v) is 22.5. The molecule has 1 saturated heterocycles. The van der Waals surface area contributed by atoms with Crippen LogP contribution in [0.15, 0.2) is 95.9 Å². The molecule has 0 aromatic heterocycles. The minimum atomic E-state index is -0.501. The lowest BCUT2D eigenvalue weighted by Gasteiger charge is -2.13. The summed E-state index contributed by atoms with van der Waals surface area (Å²) >= 11 is 0.818. The van der Waals surface area contributed by atoms with Crippen molar-refractivity contribution in [3.63, 3.8) is 0 Å². The Kier molecular flexibility index (Phi) is 7.79. The van der Waals surface area contributed by atoms with Gasteiger partial charge in [0.2, 0.25) is 5.91 Å². The van der Waals surface area contributed by atoms with Gasteiger partial charge in [-0.3, -0.25) is 19.3 Å². The summed E-state index contributed by atoms with van der Waals surface area (Å²) in [5.41, 5.74) is 3.50. The maximum absolute atomic E-state index is 13.1. The predicted octanol–water partition coefficient (Wildman–Crippen LogP) is 7.22.